The zero-order valence-electron chi connectivity index (χ0n) is 36.7. The standard InChI is InChI=1S/C61H41N5O/c1-36-26-28-38(29-27-36)55-60(64-47-21-9-4-16-40(47)41-17-5-10-22-48(41)64)45(34-62)59(46(35-63)61(55)65-49-23-11-6-18-42(49)43-19-7-12-24-50(43)65)66-51-31-30-37-14-2-3-15-39(37)56(51)58-52(66)32-33-54-57(58)44-20-8-13-25-53(44)67-54/h2-6,8-18,20-33,51-52,56,58H,7,19H2,1H3. The molecule has 4 unspecified atom stereocenters. The molecule has 6 heteroatoms. The van der Waals surface area contributed by atoms with Crippen LogP contribution in [0.4, 0.5) is 5.69 Å². The second kappa shape index (κ2) is 14.2. The first-order chi connectivity index (χ1) is 33.1. The molecule has 10 aromatic rings. The van der Waals surface area contributed by atoms with E-state index in [4.69, 9.17) is 4.42 Å². The van der Waals surface area contributed by atoms with Gasteiger partial charge in [-0.3, -0.25) is 0 Å². The van der Waals surface area contributed by atoms with Gasteiger partial charge in [0.25, 0.3) is 0 Å². The number of allylic oxidation sites excluding steroid dienone is 1. The van der Waals surface area contributed by atoms with Gasteiger partial charge in [-0.1, -0.05) is 151 Å². The number of nitriles is 2. The summed E-state index contributed by atoms with van der Waals surface area (Å²) in [6, 6.07) is 56.7. The monoisotopic (exact) mass is 859 g/mol. The summed E-state index contributed by atoms with van der Waals surface area (Å²) >= 11 is 0. The maximum Gasteiger partial charge on any atom is 0.135 e. The molecular weight excluding hydrogens is 819 g/mol. The number of benzene rings is 7. The van der Waals surface area contributed by atoms with Gasteiger partial charge >= 0.3 is 0 Å². The molecule has 14 rings (SSSR count). The molecule has 67 heavy (non-hydrogen) atoms. The number of fused-ring (bicyclic) bond motifs is 15. The summed E-state index contributed by atoms with van der Waals surface area (Å²) in [4.78, 5) is 2.45. The van der Waals surface area contributed by atoms with Crippen molar-refractivity contribution in [3.8, 4) is 34.6 Å². The van der Waals surface area contributed by atoms with Crippen molar-refractivity contribution in [3.05, 3.63) is 214 Å². The Balaban J connectivity index is 1.20. The summed E-state index contributed by atoms with van der Waals surface area (Å²) in [5.41, 5.74) is 15.8. The third kappa shape index (κ3) is 5.13. The van der Waals surface area contributed by atoms with Gasteiger partial charge in [-0.05, 0) is 78.4 Å². The second-order valence-electron chi connectivity index (χ2n) is 18.5. The second-order valence-corrected chi connectivity index (χ2v) is 18.5. The van der Waals surface area contributed by atoms with Crippen LogP contribution in [-0.2, 0) is 6.42 Å². The average Bonchev–Trinajstić information content (AvgIpc) is 4.12. The average molecular weight is 860 g/mol. The molecule has 0 bridgehead atoms. The summed E-state index contributed by atoms with van der Waals surface area (Å²) in [6.45, 7) is 2.10. The molecule has 1 saturated heterocycles. The fourth-order valence-corrected chi connectivity index (χ4v) is 12.5. The highest BCUT2D eigenvalue weighted by Gasteiger charge is 2.54. The first-order valence-electron chi connectivity index (χ1n) is 23.3. The molecular formula is C61H41N5O. The number of aryl methyl sites for hydroxylation is 2. The molecule has 1 fully saturated rings. The van der Waals surface area contributed by atoms with Gasteiger partial charge in [0.15, 0.2) is 0 Å². The Hall–Kier alpha value is -8.58. The van der Waals surface area contributed by atoms with Crippen LogP contribution in [-0.4, -0.2) is 21.2 Å². The molecule has 0 N–H and O–H groups in total. The van der Waals surface area contributed by atoms with Gasteiger partial charge in [0.1, 0.15) is 34.6 Å². The van der Waals surface area contributed by atoms with Crippen LogP contribution in [0.3, 0.4) is 0 Å². The molecule has 316 valence electrons. The van der Waals surface area contributed by atoms with Crippen molar-refractivity contribution in [2.45, 2.75) is 43.7 Å². The van der Waals surface area contributed by atoms with Gasteiger partial charge in [-0.2, -0.15) is 10.5 Å². The molecule has 0 saturated carbocycles. The predicted octanol–water partition coefficient (Wildman–Crippen LogP) is 14.3. The van der Waals surface area contributed by atoms with E-state index >= 15 is 0 Å². The quantitative estimate of drug-likeness (QED) is 0.177. The third-order valence-corrected chi connectivity index (χ3v) is 15.2. The largest absolute Gasteiger partial charge is 0.456 e. The number of furan rings is 1. The summed E-state index contributed by atoms with van der Waals surface area (Å²) in [6.07, 6.45) is 15.3. The van der Waals surface area contributed by atoms with Gasteiger partial charge in [0.2, 0.25) is 0 Å². The van der Waals surface area contributed by atoms with Crippen LogP contribution in [0.25, 0.3) is 84.4 Å². The molecule has 4 atom stereocenters. The maximum absolute atomic E-state index is 12.3. The van der Waals surface area contributed by atoms with Gasteiger partial charge in [-0.15, -0.1) is 0 Å². The van der Waals surface area contributed by atoms with E-state index in [1.165, 1.54) is 27.6 Å². The van der Waals surface area contributed by atoms with Crippen molar-refractivity contribution in [1.29, 1.82) is 10.5 Å². The lowest BCUT2D eigenvalue weighted by Crippen LogP contribution is -2.38. The minimum absolute atomic E-state index is 0.0194. The fourth-order valence-electron chi connectivity index (χ4n) is 12.5. The summed E-state index contributed by atoms with van der Waals surface area (Å²) in [5.74, 6) is 0.793. The van der Waals surface area contributed by atoms with E-state index < -0.39 is 0 Å². The van der Waals surface area contributed by atoms with Crippen molar-refractivity contribution in [2.24, 2.45) is 0 Å². The first-order valence-corrected chi connectivity index (χ1v) is 23.3. The molecule has 3 aromatic heterocycles. The molecule has 6 nitrogen and oxygen atoms in total. The molecule has 1 aliphatic heterocycles. The highest BCUT2D eigenvalue weighted by molar-refractivity contribution is 6.11. The zero-order chi connectivity index (χ0) is 44.5. The van der Waals surface area contributed by atoms with E-state index in [-0.39, 0.29) is 23.9 Å². The molecule has 4 heterocycles. The van der Waals surface area contributed by atoms with E-state index in [0.29, 0.717) is 16.8 Å². The fraction of sp³-hybridized carbons (Fsp3) is 0.115. The Labute approximate surface area is 387 Å². The Morgan fingerprint density at radius 2 is 1.16 bits per heavy atom. The number of hydrogen-bond acceptors (Lipinski definition) is 4. The van der Waals surface area contributed by atoms with E-state index in [1.54, 1.807) is 0 Å². The van der Waals surface area contributed by atoms with Crippen LogP contribution < -0.4 is 4.90 Å². The number of para-hydroxylation sites is 4. The topological polar surface area (TPSA) is 73.8 Å². The Morgan fingerprint density at radius 3 is 1.90 bits per heavy atom. The molecule has 0 amide bonds. The van der Waals surface area contributed by atoms with E-state index in [2.05, 4.69) is 209 Å². The lowest BCUT2D eigenvalue weighted by molar-refractivity contribution is 0.551. The number of hydrogen-bond donors (Lipinski definition) is 0. The van der Waals surface area contributed by atoms with Crippen molar-refractivity contribution >= 4 is 67.6 Å². The van der Waals surface area contributed by atoms with Gasteiger partial charge in [-0.25, -0.2) is 0 Å². The van der Waals surface area contributed by atoms with E-state index in [0.717, 1.165) is 90.7 Å². The van der Waals surface area contributed by atoms with Crippen molar-refractivity contribution < 1.29 is 4.42 Å². The zero-order valence-corrected chi connectivity index (χ0v) is 36.7. The van der Waals surface area contributed by atoms with Crippen molar-refractivity contribution in [1.82, 2.24) is 9.13 Å². The van der Waals surface area contributed by atoms with Crippen LogP contribution >= 0.6 is 0 Å². The predicted molar refractivity (Wildman–Crippen MR) is 271 cm³/mol. The number of aromatic nitrogens is 2. The molecule has 0 radical (unpaired) electrons. The summed E-state index contributed by atoms with van der Waals surface area (Å²) < 4.78 is 11.3. The Morgan fingerprint density at radius 1 is 0.567 bits per heavy atom. The van der Waals surface area contributed by atoms with Crippen LogP contribution in [0.2, 0.25) is 0 Å². The maximum atomic E-state index is 12.3. The highest BCUT2D eigenvalue weighted by Crippen LogP contribution is 2.59. The SMILES string of the molecule is Cc1ccc(-c2c(-n3c4c(c5ccccc53)CCC=C4)c(C#N)c(N3C4C=Cc5ccccc5C4C4c5c(oc6ccccc56)C=CC43)c(C#N)c2-n2c3ccccc3c3ccccc32)cc1. The van der Waals surface area contributed by atoms with Crippen LogP contribution in [0, 0.1) is 29.6 Å². The lowest BCUT2D eigenvalue weighted by atomic mass is 9.72. The van der Waals surface area contributed by atoms with Crippen LogP contribution in [0.1, 0.15) is 68.7 Å². The molecule has 3 aliphatic carbocycles. The Bertz CT molecular complexity index is 3900. The number of anilines is 1. The third-order valence-electron chi connectivity index (χ3n) is 15.2. The smallest absolute Gasteiger partial charge is 0.135 e. The molecule has 0 spiro atoms. The molecule has 7 aromatic carbocycles. The minimum Gasteiger partial charge on any atom is -0.456 e. The highest BCUT2D eigenvalue weighted by atomic mass is 16.3. The number of nitrogens with zero attached hydrogens (tertiary/aromatic N) is 5. The summed E-state index contributed by atoms with van der Waals surface area (Å²) in [5, 5.41) is 29.0. The first kappa shape index (κ1) is 37.8. The lowest BCUT2D eigenvalue weighted by Gasteiger charge is -2.36. The van der Waals surface area contributed by atoms with Gasteiger partial charge in [0.05, 0.1) is 45.7 Å². The summed E-state index contributed by atoms with van der Waals surface area (Å²) in [7, 11) is 0. The van der Waals surface area contributed by atoms with Crippen LogP contribution in [0.15, 0.2) is 168 Å². The normalized spacial score (nSPS) is 18.8. The minimum atomic E-state index is -0.238. The van der Waals surface area contributed by atoms with E-state index in [9.17, 15) is 10.5 Å². The number of rotatable bonds is 4. The van der Waals surface area contributed by atoms with Gasteiger partial charge < -0.3 is 18.5 Å². The molecule has 4 aliphatic rings. The van der Waals surface area contributed by atoms with E-state index in [1.807, 2.05) is 6.07 Å². The van der Waals surface area contributed by atoms with Crippen molar-refractivity contribution in [2.75, 3.05) is 4.90 Å². The van der Waals surface area contributed by atoms with Crippen LogP contribution in [0.5, 0.6) is 0 Å². The Kier molecular flexibility index (Phi) is 8.01. The van der Waals surface area contributed by atoms with Crippen molar-refractivity contribution in [3.63, 3.8) is 0 Å². The van der Waals surface area contributed by atoms with Gasteiger partial charge in [0, 0.05) is 50.2 Å².